The summed E-state index contributed by atoms with van der Waals surface area (Å²) in [6.45, 7) is 4.44. The zero-order valence-corrected chi connectivity index (χ0v) is 9.88. The van der Waals surface area contributed by atoms with Crippen molar-refractivity contribution in [3.05, 3.63) is 52.6 Å². The van der Waals surface area contributed by atoms with Gasteiger partial charge in [0.1, 0.15) is 0 Å². The minimum atomic E-state index is 1.20. The topological polar surface area (TPSA) is 0 Å². The Labute approximate surface area is 96.6 Å². The van der Waals surface area contributed by atoms with Gasteiger partial charge in [0, 0.05) is 0 Å². The summed E-state index contributed by atoms with van der Waals surface area (Å²) in [5, 5.41) is 2.81. The lowest BCUT2D eigenvalue weighted by molar-refractivity contribution is 0.930. The number of fused-ring (bicyclic) bond motifs is 3. The van der Waals surface area contributed by atoms with Crippen LogP contribution in [0.15, 0.2) is 35.9 Å². The minimum absolute atomic E-state index is 1.20. The van der Waals surface area contributed by atoms with Gasteiger partial charge in [0.2, 0.25) is 0 Å². The van der Waals surface area contributed by atoms with Crippen molar-refractivity contribution in [3.63, 3.8) is 0 Å². The molecule has 0 N–H and O–H groups in total. The van der Waals surface area contributed by atoms with E-state index in [4.69, 9.17) is 0 Å². The van der Waals surface area contributed by atoms with Crippen LogP contribution in [-0.2, 0) is 6.42 Å². The highest BCUT2D eigenvalue weighted by Gasteiger charge is 2.11. The number of allylic oxidation sites excluding steroid dienone is 1. The molecule has 0 spiro atoms. The minimum Gasteiger partial charge on any atom is -0.0724 e. The highest BCUT2D eigenvalue weighted by Crippen LogP contribution is 2.32. The van der Waals surface area contributed by atoms with Gasteiger partial charge in [0.25, 0.3) is 0 Å². The molecule has 3 rings (SSSR count). The standard InChI is InChI=1S/C16H16/c1-11-6-7-13-8-9-14-5-3-4-12(2)16(14)15(13)10-11/h3-5,8-10H,6-7H2,1-2H3. The van der Waals surface area contributed by atoms with Gasteiger partial charge in [-0.15, -0.1) is 0 Å². The lowest BCUT2D eigenvalue weighted by Gasteiger charge is -2.17. The van der Waals surface area contributed by atoms with Crippen LogP contribution in [0.1, 0.15) is 30.0 Å². The van der Waals surface area contributed by atoms with E-state index >= 15 is 0 Å². The normalized spacial score (nSPS) is 14.8. The lowest BCUT2D eigenvalue weighted by atomic mass is 9.88. The predicted octanol–water partition coefficient (Wildman–Crippen LogP) is 4.50. The summed E-state index contributed by atoms with van der Waals surface area (Å²) in [4.78, 5) is 0. The van der Waals surface area contributed by atoms with E-state index in [1.807, 2.05) is 0 Å². The first-order valence-electron chi connectivity index (χ1n) is 5.94. The van der Waals surface area contributed by atoms with Gasteiger partial charge >= 0.3 is 0 Å². The van der Waals surface area contributed by atoms with Gasteiger partial charge in [-0.2, -0.15) is 0 Å². The summed E-state index contributed by atoms with van der Waals surface area (Å²) in [6.07, 6.45) is 4.78. The van der Waals surface area contributed by atoms with Crippen LogP contribution < -0.4 is 0 Å². The van der Waals surface area contributed by atoms with E-state index in [9.17, 15) is 0 Å². The molecule has 0 amide bonds. The Bertz CT molecular complexity index is 588. The number of hydrogen-bond acceptors (Lipinski definition) is 0. The first-order chi connectivity index (χ1) is 7.75. The Morgan fingerprint density at radius 1 is 0.938 bits per heavy atom. The molecular weight excluding hydrogens is 192 g/mol. The van der Waals surface area contributed by atoms with Gasteiger partial charge in [-0.1, -0.05) is 42.0 Å². The van der Waals surface area contributed by atoms with Crippen LogP contribution >= 0.6 is 0 Å². The van der Waals surface area contributed by atoms with E-state index in [0.717, 1.165) is 0 Å². The van der Waals surface area contributed by atoms with Crippen molar-refractivity contribution in [1.82, 2.24) is 0 Å². The molecule has 0 fully saturated rings. The Morgan fingerprint density at radius 2 is 1.81 bits per heavy atom. The second-order valence-corrected chi connectivity index (χ2v) is 4.80. The molecule has 0 saturated heterocycles. The number of aryl methyl sites for hydroxylation is 2. The molecule has 80 valence electrons. The summed E-state index contributed by atoms with van der Waals surface area (Å²) in [5.74, 6) is 0. The third kappa shape index (κ3) is 1.37. The fourth-order valence-corrected chi connectivity index (χ4v) is 2.67. The molecule has 0 aromatic heterocycles. The van der Waals surface area contributed by atoms with Crippen LogP contribution in [0.4, 0.5) is 0 Å². The van der Waals surface area contributed by atoms with E-state index in [1.165, 1.54) is 45.9 Å². The van der Waals surface area contributed by atoms with Crippen molar-refractivity contribution >= 4 is 16.8 Å². The first kappa shape index (κ1) is 9.65. The molecule has 0 nitrogen and oxygen atoms in total. The van der Waals surface area contributed by atoms with Gasteiger partial charge in [-0.25, -0.2) is 0 Å². The Kier molecular flexibility index (Phi) is 2.10. The van der Waals surface area contributed by atoms with E-state index in [2.05, 4.69) is 50.3 Å². The molecular formula is C16H16. The number of benzene rings is 2. The summed E-state index contributed by atoms with van der Waals surface area (Å²) in [7, 11) is 0. The molecule has 1 aliphatic carbocycles. The fraction of sp³-hybridized carbons (Fsp3) is 0.250. The molecule has 1 aliphatic rings. The van der Waals surface area contributed by atoms with Gasteiger partial charge in [0.15, 0.2) is 0 Å². The Balaban J connectivity index is 2.44. The molecule has 16 heavy (non-hydrogen) atoms. The fourth-order valence-electron chi connectivity index (χ4n) is 2.67. The molecule has 0 aliphatic heterocycles. The van der Waals surface area contributed by atoms with E-state index in [0.29, 0.717) is 0 Å². The zero-order chi connectivity index (χ0) is 11.1. The summed E-state index contributed by atoms with van der Waals surface area (Å²) >= 11 is 0. The predicted molar refractivity (Wildman–Crippen MR) is 70.7 cm³/mol. The second-order valence-electron chi connectivity index (χ2n) is 4.80. The molecule has 0 heteroatoms. The van der Waals surface area contributed by atoms with Crippen molar-refractivity contribution in [1.29, 1.82) is 0 Å². The molecule has 0 bridgehead atoms. The van der Waals surface area contributed by atoms with Crippen molar-refractivity contribution in [3.8, 4) is 0 Å². The lowest BCUT2D eigenvalue weighted by Crippen LogP contribution is -1.99. The Hall–Kier alpha value is -1.56. The SMILES string of the molecule is CC1=Cc2c(ccc3cccc(C)c23)CC1. The Morgan fingerprint density at radius 3 is 2.69 bits per heavy atom. The molecule has 0 radical (unpaired) electrons. The number of hydrogen-bond donors (Lipinski definition) is 0. The molecule has 0 saturated carbocycles. The largest absolute Gasteiger partial charge is 0.0724 e. The zero-order valence-electron chi connectivity index (χ0n) is 9.88. The quantitative estimate of drug-likeness (QED) is 0.598. The van der Waals surface area contributed by atoms with Crippen LogP contribution in [0.3, 0.4) is 0 Å². The second kappa shape index (κ2) is 3.48. The average Bonchev–Trinajstić information content (AvgIpc) is 2.28. The number of rotatable bonds is 0. The van der Waals surface area contributed by atoms with E-state index in [-0.39, 0.29) is 0 Å². The molecule has 2 aromatic rings. The van der Waals surface area contributed by atoms with Gasteiger partial charge < -0.3 is 0 Å². The molecule has 0 unspecified atom stereocenters. The van der Waals surface area contributed by atoms with Crippen LogP contribution in [0, 0.1) is 6.92 Å². The third-order valence-corrected chi connectivity index (χ3v) is 3.56. The van der Waals surface area contributed by atoms with Crippen LogP contribution in [0.5, 0.6) is 0 Å². The smallest absolute Gasteiger partial charge is 0.00794 e. The van der Waals surface area contributed by atoms with Crippen LogP contribution in [0.25, 0.3) is 16.8 Å². The summed E-state index contributed by atoms with van der Waals surface area (Å²) in [5.41, 5.74) is 5.86. The highest BCUT2D eigenvalue weighted by molar-refractivity contribution is 5.95. The van der Waals surface area contributed by atoms with Crippen LogP contribution in [-0.4, -0.2) is 0 Å². The summed E-state index contributed by atoms with van der Waals surface area (Å²) < 4.78 is 0. The van der Waals surface area contributed by atoms with Gasteiger partial charge in [-0.3, -0.25) is 0 Å². The third-order valence-electron chi connectivity index (χ3n) is 3.56. The first-order valence-corrected chi connectivity index (χ1v) is 5.94. The maximum atomic E-state index is 2.37. The van der Waals surface area contributed by atoms with Crippen molar-refractivity contribution in [2.45, 2.75) is 26.7 Å². The molecule has 0 atom stereocenters. The highest BCUT2D eigenvalue weighted by atomic mass is 14.2. The van der Waals surface area contributed by atoms with Gasteiger partial charge in [0.05, 0.1) is 0 Å². The van der Waals surface area contributed by atoms with Crippen molar-refractivity contribution in [2.24, 2.45) is 0 Å². The maximum absolute atomic E-state index is 2.37. The van der Waals surface area contributed by atoms with Crippen LogP contribution in [0.2, 0.25) is 0 Å². The van der Waals surface area contributed by atoms with E-state index < -0.39 is 0 Å². The van der Waals surface area contributed by atoms with E-state index in [1.54, 1.807) is 0 Å². The average molecular weight is 208 g/mol. The van der Waals surface area contributed by atoms with Gasteiger partial charge in [-0.05, 0) is 54.2 Å². The molecule has 2 aromatic carbocycles. The van der Waals surface area contributed by atoms with Crippen molar-refractivity contribution < 1.29 is 0 Å². The summed E-state index contributed by atoms with van der Waals surface area (Å²) in [6, 6.07) is 11.1. The van der Waals surface area contributed by atoms with Crippen molar-refractivity contribution in [2.75, 3.05) is 0 Å². The molecule has 0 heterocycles. The monoisotopic (exact) mass is 208 g/mol. The maximum Gasteiger partial charge on any atom is -0.00794 e.